The van der Waals surface area contributed by atoms with Gasteiger partial charge in [-0.1, -0.05) is 34.5 Å². The fraction of sp³-hybridized carbons (Fsp3) is 0.208. The van der Waals surface area contributed by atoms with E-state index < -0.39 is 10.0 Å². The van der Waals surface area contributed by atoms with Crippen molar-refractivity contribution < 1.29 is 13.2 Å². The molecule has 166 valence electrons. The van der Waals surface area contributed by atoms with Crippen LogP contribution in [0.2, 0.25) is 5.02 Å². The molecule has 0 saturated heterocycles. The Morgan fingerprint density at radius 3 is 2.53 bits per heavy atom. The van der Waals surface area contributed by atoms with Crippen molar-refractivity contribution in [1.29, 1.82) is 0 Å². The molecule has 0 bridgehead atoms. The quantitative estimate of drug-likeness (QED) is 0.439. The molecule has 0 atom stereocenters. The molecule has 0 aliphatic carbocycles. The second-order valence-corrected chi connectivity index (χ2v) is 10.9. The predicted octanol–water partition coefficient (Wildman–Crippen LogP) is 5.98. The number of sulfonamides is 1. The summed E-state index contributed by atoms with van der Waals surface area (Å²) in [4.78, 5) is 13.2. The van der Waals surface area contributed by atoms with Crippen LogP contribution in [0.15, 0.2) is 64.0 Å². The van der Waals surface area contributed by atoms with Crippen molar-refractivity contribution in [3.63, 3.8) is 0 Å². The van der Waals surface area contributed by atoms with Gasteiger partial charge in [-0.3, -0.25) is 9.10 Å². The number of anilines is 2. The average Bonchev–Trinajstić information content (AvgIpc) is 3.19. The summed E-state index contributed by atoms with van der Waals surface area (Å²) in [7, 11) is -3.70. The van der Waals surface area contributed by atoms with Gasteiger partial charge in [0.05, 0.1) is 10.6 Å². The minimum atomic E-state index is -3.70. The first-order chi connectivity index (χ1) is 15.2. The van der Waals surface area contributed by atoms with Crippen LogP contribution in [0, 0.1) is 6.92 Å². The van der Waals surface area contributed by atoms with Crippen molar-refractivity contribution in [2.45, 2.75) is 31.6 Å². The van der Waals surface area contributed by atoms with E-state index in [2.05, 4.69) is 21.2 Å². The maximum Gasteiger partial charge on any atom is 0.264 e. The Hall–Kier alpha value is -2.35. The number of fused-ring (bicyclic) bond motifs is 1. The van der Waals surface area contributed by atoms with Crippen molar-refractivity contribution in [3.8, 4) is 0 Å². The van der Waals surface area contributed by atoms with Crippen molar-refractivity contribution >= 4 is 54.8 Å². The number of aryl methyl sites for hydroxylation is 2. The van der Waals surface area contributed by atoms with Crippen LogP contribution < -0.4 is 9.62 Å². The van der Waals surface area contributed by atoms with E-state index in [1.165, 1.54) is 16.4 Å². The Balaban J connectivity index is 1.61. The molecular weight excluding hydrogens is 512 g/mol. The smallest absolute Gasteiger partial charge is 0.264 e. The van der Waals surface area contributed by atoms with Crippen molar-refractivity contribution in [1.82, 2.24) is 0 Å². The monoisotopic (exact) mass is 532 g/mol. The molecule has 8 heteroatoms. The summed E-state index contributed by atoms with van der Waals surface area (Å²) in [5.74, 6) is -0.216. The van der Waals surface area contributed by atoms with E-state index in [1.807, 2.05) is 26.0 Å². The molecule has 0 unspecified atom stereocenters. The fourth-order valence-corrected chi connectivity index (χ4v) is 6.20. The standard InChI is InChI=1S/C24H22BrClN2O3S/c1-3-16-14-19(25)12-15(2)23(16)27-24(29)18-4-9-22-17(13-18)10-11-28(22)32(30,31)21-7-5-20(26)6-8-21/h4-9,12-14H,3,10-11H2,1-2H3,(H,27,29). The van der Waals surface area contributed by atoms with Crippen molar-refractivity contribution in [2.75, 3.05) is 16.2 Å². The van der Waals surface area contributed by atoms with Crippen molar-refractivity contribution in [2.24, 2.45) is 0 Å². The van der Waals surface area contributed by atoms with Crippen LogP contribution in [-0.2, 0) is 22.9 Å². The first-order valence-corrected chi connectivity index (χ1v) is 12.8. The summed E-state index contributed by atoms with van der Waals surface area (Å²) in [6.45, 7) is 4.33. The van der Waals surface area contributed by atoms with Gasteiger partial charge in [-0.25, -0.2) is 8.42 Å². The maximum absolute atomic E-state index is 13.1. The van der Waals surface area contributed by atoms with Gasteiger partial charge in [-0.15, -0.1) is 0 Å². The largest absolute Gasteiger partial charge is 0.321 e. The number of carbonyl (C=O) groups is 1. The van der Waals surface area contributed by atoms with Crippen LogP contribution >= 0.6 is 27.5 Å². The molecule has 0 saturated carbocycles. The Morgan fingerprint density at radius 2 is 1.84 bits per heavy atom. The molecule has 1 heterocycles. The highest BCUT2D eigenvalue weighted by atomic mass is 79.9. The zero-order valence-corrected chi connectivity index (χ0v) is 20.8. The number of hydrogen-bond donors (Lipinski definition) is 1. The third-order valence-corrected chi connectivity index (χ3v) is 8.13. The second-order valence-electron chi connectivity index (χ2n) is 7.69. The number of nitrogens with one attached hydrogen (secondary N) is 1. The summed E-state index contributed by atoms with van der Waals surface area (Å²) >= 11 is 9.40. The summed E-state index contributed by atoms with van der Waals surface area (Å²) in [5.41, 5.74) is 4.77. The van der Waals surface area contributed by atoms with E-state index in [1.54, 1.807) is 30.3 Å². The van der Waals surface area contributed by atoms with Gasteiger partial charge in [0.1, 0.15) is 0 Å². The second kappa shape index (κ2) is 8.89. The topological polar surface area (TPSA) is 66.5 Å². The normalized spacial score (nSPS) is 13.2. The third kappa shape index (κ3) is 4.29. The minimum Gasteiger partial charge on any atom is -0.321 e. The Labute approximate surface area is 201 Å². The first-order valence-electron chi connectivity index (χ1n) is 10.2. The van der Waals surface area contributed by atoms with Gasteiger partial charge >= 0.3 is 0 Å². The number of nitrogens with zero attached hydrogens (tertiary/aromatic N) is 1. The van der Waals surface area contributed by atoms with Gasteiger partial charge < -0.3 is 5.32 Å². The predicted molar refractivity (Wildman–Crippen MR) is 132 cm³/mol. The molecular formula is C24H22BrClN2O3S. The Kier molecular flexibility index (Phi) is 6.34. The number of halogens is 2. The maximum atomic E-state index is 13.1. The number of benzene rings is 3. The Morgan fingerprint density at radius 1 is 1.12 bits per heavy atom. The van der Waals surface area contributed by atoms with Crippen LogP contribution in [0.5, 0.6) is 0 Å². The highest BCUT2D eigenvalue weighted by Gasteiger charge is 2.31. The molecule has 3 aromatic rings. The first kappa shape index (κ1) is 22.8. The lowest BCUT2D eigenvalue weighted by Crippen LogP contribution is -2.29. The molecule has 5 nitrogen and oxygen atoms in total. The van der Waals surface area contributed by atoms with E-state index in [4.69, 9.17) is 11.6 Å². The lowest BCUT2D eigenvalue weighted by molar-refractivity contribution is 0.102. The van der Waals surface area contributed by atoms with Gasteiger partial charge in [0.25, 0.3) is 15.9 Å². The minimum absolute atomic E-state index is 0.189. The van der Waals surface area contributed by atoms with Crippen LogP contribution in [-0.4, -0.2) is 20.9 Å². The summed E-state index contributed by atoms with van der Waals surface area (Å²) in [6.07, 6.45) is 1.33. The third-order valence-electron chi connectivity index (χ3n) is 5.60. The average molecular weight is 534 g/mol. The van der Waals surface area contributed by atoms with E-state index >= 15 is 0 Å². The molecule has 32 heavy (non-hydrogen) atoms. The van der Waals surface area contributed by atoms with Crippen molar-refractivity contribution in [3.05, 3.63) is 86.3 Å². The van der Waals surface area contributed by atoms with Crippen LogP contribution in [0.1, 0.15) is 34.0 Å². The highest BCUT2D eigenvalue weighted by Crippen LogP contribution is 2.34. The molecule has 4 rings (SSSR count). The molecule has 1 aliphatic rings. The lowest BCUT2D eigenvalue weighted by atomic mass is 10.0. The van der Waals surface area contributed by atoms with Gasteiger partial charge in [0.2, 0.25) is 0 Å². The van der Waals surface area contributed by atoms with E-state index in [-0.39, 0.29) is 10.8 Å². The molecule has 1 N–H and O–H groups in total. The SMILES string of the molecule is CCc1cc(Br)cc(C)c1NC(=O)c1ccc2c(c1)CCN2S(=O)(=O)c1ccc(Cl)cc1. The summed E-state index contributed by atoms with van der Waals surface area (Å²) in [5, 5.41) is 3.51. The lowest BCUT2D eigenvalue weighted by Gasteiger charge is -2.20. The zero-order valence-electron chi connectivity index (χ0n) is 17.7. The fourth-order valence-electron chi connectivity index (χ4n) is 3.95. The molecule has 0 radical (unpaired) electrons. The molecule has 1 aliphatic heterocycles. The summed E-state index contributed by atoms with van der Waals surface area (Å²) in [6, 6.07) is 15.3. The van der Waals surface area contributed by atoms with Gasteiger partial charge in [0.15, 0.2) is 0 Å². The highest BCUT2D eigenvalue weighted by molar-refractivity contribution is 9.10. The number of carbonyl (C=O) groups excluding carboxylic acids is 1. The zero-order chi connectivity index (χ0) is 23.0. The number of hydrogen-bond acceptors (Lipinski definition) is 3. The molecule has 3 aromatic carbocycles. The number of amides is 1. The molecule has 1 amide bonds. The van der Waals surface area contributed by atoms with Crippen LogP contribution in [0.3, 0.4) is 0 Å². The van der Waals surface area contributed by atoms with Gasteiger partial charge in [0, 0.05) is 27.3 Å². The Bertz CT molecular complexity index is 1310. The summed E-state index contributed by atoms with van der Waals surface area (Å²) < 4.78 is 28.6. The number of rotatable bonds is 5. The van der Waals surface area contributed by atoms with Gasteiger partial charge in [-0.2, -0.15) is 0 Å². The van der Waals surface area contributed by atoms with E-state index in [0.717, 1.165) is 33.3 Å². The van der Waals surface area contributed by atoms with Gasteiger partial charge in [-0.05, 0) is 91.1 Å². The molecule has 0 aromatic heterocycles. The molecule has 0 fully saturated rings. The molecule has 0 spiro atoms. The van der Waals surface area contributed by atoms with E-state index in [9.17, 15) is 13.2 Å². The van der Waals surface area contributed by atoms with Crippen LogP contribution in [0.25, 0.3) is 0 Å². The van der Waals surface area contributed by atoms with Crippen LogP contribution in [0.4, 0.5) is 11.4 Å². The van der Waals surface area contributed by atoms with E-state index in [0.29, 0.717) is 29.2 Å².